The number of nitrogen functional groups attached to an aromatic ring is 1. The average Bonchev–Trinajstić information content (AvgIpc) is 2.38. The van der Waals surface area contributed by atoms with Crippen molar-refractivity contribution in [2.24, 2.45) is 0 Å². The van der Waals surface area contributed by atoms with Gasteiger partial charge < -0.3 is 16.0 Å². The Kier molecular flexibility index (Phi) is 4.10. The Hall–Kier alpha value is -2.27. The fraction of sp³-hybridized carbons (Fsp3) is 0.143. The van der Waals surface area contributed by atoms with E-state index in [9.17, 15) is 4.79 Å². The van der Waals surface area contributed by atoms with E-state index < -0.39 is 0 Å². The molecule has 6 heteroatoms. The van der Waals surface area contributed by atoms with Crippen LogP contribution < -0.4 is 16.0 Å². The van der Waals surface area contributed by atoms with Crippen molar-refractivity contribution in [1.82, 2.24) is 4.98 Å². The summed E-state index contributed by atoms with van der Waals surface area (Å²) in [5, 5.41) is 3.30. The highest BCUT2D eigenvalue weighted by molar-refractivity contribution is 6.31. The highest BCUT2D eigenvalue weighted by Crippen LogP contribution is 2.23. The standard InChI is InChI=1S/C14H15ClN4O/c1-19(2)13-12(4-3-7-17-13)18-14(20)10-6-5-9(15)8-11(10)16/h3-8H,16H2,1-2H3,(H,18,20). The Morgan fingerprint density at radius 3 is 2.75 bits per heavy atom. The van der Waals surface area contributed by atoms with Crippen molar-refractivity contribution in [3.63, 3.8) is 0 Å². The molecule has 2 rings (SSSR count). The zero-order valence-corrected chi connectivity index (χ0v) is 12.0. The molecular formula is C14H15ClN4O. The van der Waals surface area contributed by atoms with E-state index in [1.165, 1.54) is 0 Å². The Bertz CT molecular complexity index is 643. The number of anilines is 3. The Balaban J connectivity index is 2.28. The smallest absolute Gasteiger partial charge is 0.257 e. The molecule has 2 aromatic rings. The van der Waals surface area contributed by atoms with Gasteiger partial charge >= 0.3 is 0 Å². The zero-order valence-electron chi connectivity index (χ0n) is 11.2. The number of hydrogen-bond donors (Lipinski definition) is 2. The van der Waals surface area contributed by atoms with Crippen LogP contribution in [0.1, 0.15) is 10.4 Å². The third-order valence-corrected chi connectivity index (χ3v) is 2.95. The van der Waals surface area contributed by atoms with Crippen LogP contribution in [-0.4, -0.2) is 25.0 Å². The molecule has 0 saturated carbocycles. The van der Waals surface area contributed by atoms with Gasteiger partial charge in [0, 0.05) is 31.0 Å². The van der Waals surface area contributed by atoms with Crippen LogP contribution in [0.25, 0.3) is 0 Å². The van der Waals surface area contributed by atoms with Crippen molar-refractivity contribution >= 4 is 34.7 Å². The number of nitrogens with two attached hydrogens (primary N) is 1. The number of amides is 1. The lowest BCUT2D eigenvalue weighted by molar-refractivity contribution is 0.102. The van der Waals surface area contributed by atoms with Crippen LogP contribution in [0.3, 0.4) is 0 Å². The minimum Gasteiger partial charge on any atom is -0.398 e. The van der Waals surface area contributed by atoms with Crippen LogP contribution in [0.2, 0.25) is 5.02 Å². The first-order valence-corrected chi connectivity index (χ1v) is 6.35. The summed E-state index contributed by atoms with van der Waals surface area (Å²) in [5.74, 6) is 0.378. The van der Waals surface area contributed by atoms with Gasteiger partial charge in [0.1, 0.15) is 0 Å². The summed E-state index contributed by atoms with van der Waals surface area (Å²) < 4.78 is 0. The molecule has 0 aliphatic carbocycles. The number of nitrogens with one attached hydrogen (secondary N) is 1. The van der Waals surface area contributed by atoms with Crippen LogP contribution in [-0.2, 0) is 0 Å². The topological polar surface area (TPSA) is 71.2 Å². The molecule has 1 aromatic heterocycles. The monoisotopic (exact) mass is 290 g/mol. The number of benzene rings is 1. The quantitative estimate of drug-likeness (QED) is 0.853. The fourth-order valence-electron chi connectivity index (χ4n) is 1.78. The molecule has 104 valence electrons. The maximum atomic E-state index is 12.2. The normalized spacial score (nSPS) is 10.2. The number of pyridine rings is 1. The van der Waals surface area contributed by atoms with Gasteiger partial charge in [-0.15, -0.1) is 0 Å². The van der Waals surface area contributed by atoms with Gasteiger partial charge in [-0.05, 0) is 30.3 Å². The van der Waals surface area contributed by atoms with Crippen LogP contribution in [0, 0.1) is 0 Å². The molecule has 0 atom stereocenters. The van der Waals surface area contributed by atoms with Gasteiger partial charge in [0.15, 0.2) is 5.82 Å². The van der Waals surface area contributed by atoms with E-state index in [-0.39, 0.29) is 5.91 Å². The number of hydrogen-bond acceptors (Lipinski definition) is 4. The van der Waals surface area contributed by atoms with Gasteiger partial charge in [-0.25, -0.2) is 4.98 Å². The van der Waals surface area contributed by atoms with Crippen LogP contribution in [0.15, 0.2) is 36.5 Å². The van der Waals surface area contributed by atoms with Crippen molar-refractivity contribution in [2.75, 3.05) is 30.0 Å². The van der Waals surface area contributed by atoms with Crippen molar-refractivity contribution < 1.29 is 4.79 Å². The van der Waals surface area contributed by atoms with E-state index in [2.05, 4.69) is 10.3 Å². The van der Waals surface area contributed by atoms with Crippen molar-refractivity contribution in [1.29, 1.82) is 0 Å². The molecule has 0 fully saturated rings. The second-order valence-corrected chi connectivity index (χ2v) is 4.89. The number of aromatic nitrogens is 1. The predicted octanol–water partition coefficient (Wildman–Crippen LogP) is 2.64. The maximum Gasteiger partial charge on any atom is 0.257 e. The molecular weight excluding hydrogens is 276 g/mol. The molecule has 1 amide bonds. The van der Waals surface area contributed by atoms with Gasteiger partial charge in [0.2, 0.25) is 0 Å². The van der Waals surface area contributed by atoms with E-state index in [0.717, 1.165) is 0 Å². The van der Waals surface area contributed by atoms with Gasteiger partial charge in [-0.1, -0.05) is 11.6 Å². The third-order valence-electron chi connectivity index (χ3n) is 2.72. The molecule has 0 saturated heterocycles. The van der Waals surface area contributed by atoms with Crippen molar-refractivity contribution in [2.45, 2.75) is 0 Å². The third kappa shape index (κ3) is 3.00. The highest BCUT2D eigenvalue weighted by atomic mass is 35.5. The van der Waals surface area contributed by atoms with Crippen molar-refractivity contribution in [3.8, 4) is 0 Å². The molecule has 3 N–H and O–H groups in total. The first-order valence-electron chi connectivity index (χ1n) is 5.97. The first-order chi connectivity index (χ1) is 9.49. The lowest BCUT2D eigenvalue weighted by atomic mass is 10.1. The van der Waals surface area contributed by atoms with E-state index in [1.807, 2.05) is 19.0 Å². The molecule has 20 heavy (non-hydrogen) atoms. The van der Waals surface area contributed by atoms with Crippen LogP contribution >= 0.6 is 11.6 Å². The SMILES string of the molecule is CN(C)c1ncccc1NC(=O)c1ccc(Cl)cc1N. The molecule has 0 bridgehead atoms. The highest BCUT2D eigenvalue weighted by Gasteiger charge is 2.13. The van der Waals surface area contributed by atoms with E-state index >= 15 is 0 Å². The first kappa shape index (κ1) is 14.1. The fourth-order valence-corrected chi connectivity index (χ4v) is 1.96. The summed E-state index contributed by atoms with van der Waals surface area (Å²) in [6, 6.07) is 8.31. The molecule has 0 radical (unpaired) electrons. The number of carbonyl (C=O) groups is 1. The van der Waals surface area contributed by atoms with Gasteiger partial charge in [-0.2, -0.15) is 0 Å². The lowest BCUT2D eigenvalue weighted by Crippen LogP contribution is -2.18. The second-order valence-electron chi connectivity index (χ2n) is 4.45. The molecule has 5 nitrogen and oxygen atoms in total. The summed E-state index contributed by atoms with van der Waals surface area (Å²) in [4.78, 5) is 18.3. The summed E-state index contributed by atoms with van der Waals surface area (Å²) in [6.07, 6.45) is 1.67. The molecule has 0 aliphatic heterocycles. The predicted molar refractivity (Wildman–Crippen MR) is 82.4 cm³/mol. The summed E-state index contributed by atoms with van der Waals surface area (Å²) in [5.41, 5.74) is 7.14. The van der Waals surface area contributed by atoms with Gasteiger partial charge in [0.05, 0.1) is 11.3 Å². The van der Waals surface area contributed by atoms with E-state index in [1.54, 1.807) is 36.5 Å². The summed E-state index contributed by atoms with van der Waals surface area (Å²) >= 11 is 5.82. The molecule has 0 unspecified atom stereocenters. The van der Waals surface area contributed by atoms with Gasteiger partial charge in [0.25, 0.3) is 5.91 Å². The van der Waals surface area contributed by atoms with Crippen LogP contribution in [0.5, 0.6) is 0 Å². The van der Waals surface area contributed by atoms with Crippen LogP contribution in [0.4, 0.5) is 17.2 Å². The lowest BCUT2D eigenvalue weighted by Gasteiger charge is -2.16. The second kappa shape index (κ2) is 5.79. The Labute approximate surface area is 122 Å². The maximum absolute atomic E-state index is 12.2. The Morgan fingerprint density at radius 1 is 1.35 bits per heavy atom. The van der Waals surface area contributed by atoms with E-state index in [4.69, 9.17) is 17.3 Å². The zero-order chi connectivity index (χ0) is 14.7. The summed E-state index contributed by atoms with van der Waals surface area (Å²) in [7, 11) is 3.71. The largest absolute Gasteiger partial charge is 0.398 e. The minimum absolute atomic E-state index is 0.296. The van der Waals surface area contributed by atoms with E-state index in [0.29, 0.717) is 27.8 Å². The molecule has 1 heterocycles. The molecule has 0 spiro atoms. The minimum atomic E-state index is -0.296. The summed E-state index contributed by atoms with van der Waals surface area (Å²) in [6.45, 7) is 0. The van der Waals surface area contributed by atoms with Crippen molar-refractivity contribution in [3.05, 3.63) is 47.1 Å². The van der Waals surface area contributed by atoms with Gasteiger partial charge in [-0.3, -0.25) is 4.79 Å². The number of halogens is 1. The molecule has 0 aliphatic rings. The number of nitrogens with zero attached hydrogens (tertiary/aromatic N) is 2. The average molecular weight is 291 g/mol. The Morgan fingerprint density at radius 2 is 2.10 bits per heavy atom. The number of carbonyl (C=O) groups excluding carboxylic acids is 1. The molecule has 1 aromatic carbocycles. The number of rotatable bonds is 3.